The molecule has 1 aromatic heterocycles. The van der Waals surface area contributed by atoms with Crippen LogP contribution in [0.5, 0.6) is 5.75 Å². The largest absolute Gasteiger partial charge is 0.495 e. The number of alkyl halides is 1. The number of halogens is 4. The van der Waals surface area contributed by atoms with Gasteiger partial charge >= 0.3 is 0 Å². The molecular formula is C12H8BrCl3O2. The van der Waals surface area contributed by atoms with Gasteiger partial charge in [-0.3, -0.25) is 0 Å². The number of hydrogen-bond acceptors (Lipinski definition) is 2. The van der Waals surface area contributed by atoms with Gasteiger partial charge in [-0.1, -0.05) is 23.2 Å². The van der Waals surface area contributed by atoms with Crippen molar-refractivity contribution in [2.24, 2.45) is 0 Å². The third-order valence-corrected chi connectivity index (χ3v) is 3.89. The van der Waals surface area contributed by atoms with Crippen LogP contribution >= 0.6 is 50.7 Å². The van der Waals surface area contributed by atoms with Crippen molar-refractivity contribution >= 4 is 50.7 Å². The summed E-state index contributed by atoms with van der Waals surface area (Å²) < 4.78 is 11.1. The summed E-state index contributed by atoms with van der Waals surface area (Å²) in [5, 5.41) is 0.421. The highest BCUT2D eigenvalue weighted by Crippen LogP contribution is 2.39. The molecule has 0 bridgehead atoms. The molecule has 1 aromatic carbocycles. The summed E-state index contributed by atoms with van der Waals surface area (Å²) in [5.41, 5.74) is 0.672. The van der Waals surface area contributed by atoms with Crippen molar-refractivity contribution in [3.63, 3.8) is 0 Å². The highest BCUT2D eigenvalue weighted by molar-refractivity contribution is 9.10. The van der Waals surface area contributed by atoms with E-state index >= 15 is 0 Å². The molecule has 0 spiro atoms. The van der Waals surface area contributed by atoms with Crippen LogP contribution in [0.3, 0.4) is 0 Å². The lowest BCUT2D eigenvalue weighted by Gasteiger charge is -2.12. The Morgan fingerprint density at radius 3 is 2.50 bits per heavy atom. The molecule has 0 amide bonds. The van der Waals surface area contributed by atoms with E-state index in [4.69, 9.17) is 44.0 Å². The third kappa shape index (κ3) is 2.80. The number of benzene rings is 1. The van der Waals surface area contributed by atoms with Crippen LogP contribution in [0.1, 0.15) is 16.7 Å². The van der Waals surface area contributed by atoms with Crippen molar-refractivity contribution in [2.75, 3.05) is 7.11 Å². The Hall–Kier alpha value is -0.350. The molecule has 0 aliphatic heterocycles. The third-order valence-electron chi connectivity index (χ3n) is 2.39. The second kappa shape index (κ2) is 5.74. The lowest BCUT2D eigenvalue weighted by atomic mass is 10.1. The highest BCUT2D eigenvalue weighted by atomic mass is 79.9. The van der Waals surface area contributed by atoms with Crippen molar-refractivity contribution in [3.05, 3.63) is 50.3 Å². The molecular weight excluding hydrogens is 362 g/mol. The Morgan fingerprint density at radius 1 is 1.22 bits per heavy atom. The predicted octanol–water partition coefficient (Wildman–Crippen LogP) is 5.69. The second-order valence-corrected chi connectivity index (χ2v) is 5.55. The summed E-state index contributed by atoms with van der Waals surface area (Å²) in [4.78, 5) is 0. The lowest BCUT2D eigenvalue weighted by molar-refractivity contribution is 0.415. The Morgan fingerprint density at radius 2 is 1.94 bits per heavy atom. The van der Waals surface area contributed by atoms with Crippen LogP contribution in [0.15, 0.2) is 33.4 Å². The zero-order valence-corrected chi connectivity index (χ0v) is 13.1. The van der Waals surface area contributed by atoms with Gasteiger partial charge in [0.15, 0.2) is 4.67 Å². The zero-order chi connectivity index (χ0) is 13.3. The fourth-order valence-corrected chi connectivity index (χ4v) is 2.70. The number of rotatable bonds is 3. The minimum absolute atomic E-state index is 0.452. The summed E-state index contributed by atoms with van der Waals surface area (Å²) in [6.45, 7) is 0. The maximum atomic E-state index is 6.32. The molecule has 0 aliphatic rings. The Kier molecular flexibility index (Phi) is 4.49. The Balaban J connectivity index is 2.42. The van der Waals surface area contributed by atoms with Crippen LogP contribution in [0.25, 0.3) is 0 Å². The van der Waals surface area contributed by atoms with E-state index in [1.54, 1.807) is 24.3 Å². The predicted molar refractivity (Wildman–Crippen MR) is 77.1 cm³/mol. The molecule has 1 heterocycles. The van der Waals surface area contributed by atoms with E-state index < -0.39 is 5.38 Å². The average Bonchev–Trinajstić information content (AvgIpc) is 2.77. The van der Waals surface area contributed by atoms with Gasteiger partial charge < -0.3 is 9.15 Å². The van der Waals surface area contributed by atoms with Gasteiger partial charge in [0.05, 0.1) is 12.1 Å². The lowest BCUT2D eigenvalue weighted by Crippen LogP contribution is -1.94. The first-order valence-corrected chi connectivity index (χ1v) is 6.93. The molecule has 6 heteroatoms. The molecule has 0 aliphatic carbocycles. The number of hydrogen-bond donors (Lipinski definition) is 0. The summed E-state index contributed by atoms with van der Waals surface area (Å²) in [6.07, 6.45) is 0. The summed E-state index contributed by atoms with van der Waals surface area (Å²) in [7, 11) is 1.53. The van der Waals surface area contributed by atoms with Crippen molar-refractivity contribution in [1.29, 1.82) is 0 Å². The molecule has 0 radical (unpaired) electrons. The van der Waals surface area contributed by atoms with Crippen LogP contribution in [0.4, 0.5) is 0 Å². The SMILES string of the molecule is COc1cc(Cl)c(C(Cl)c2ccc(Br)o2)cc1Cl. The fraction of sp³-hybridized carbons (Fsp3) is 0.167. The van der Waals surface area contributed by atoms with Crippen molar-refractivity contribution < 1.29 is 9.15 Å². The van der Waals surface area contributed by atoms with Gasteiger partial charge in [-0.15, -0.1) is 11.6 Å². The quantitative estimate of drug-likeness (QED) is 0.648. The standard InChI is InChI=1S/C12H8BrCl3O2/c1-17-10-5-7(14)6(4-8(10)15)12(16)9-2-3-11(13)18-9/h2-5,12H,1H3. The molecule has 2 aromatic rings. The van der Waals surface area contributed by atoms with Gasteiger partial charge in [-0.25, -0.2) is 0 Å². The monoisotopic (exact) mass is 368 g/mol. The fourth-order valence-electron chi connectivity index (χ4n) is 1.51. The second-order valence-electron chi connectivity index (χ2n) is 3.51. The first kappa shape index (κ1) is 14.1. The molecule has 1 unspecified atom stereocenters. The molecule has 0 N–H and O–H groups in total. The molecule has 18 heavy (non-hydrogen) atoms. The summed E-state index contributed by atoms with van der Waals surface area (Å²) in [6, 6.07) is 6.85. The van der Waals surface area contributed by atoms with E-state index in [1.807, 2.05) is 0 Å². The first-order valence-electron chi connectivity index (χ1n) is 4.95. The zero-order valence-electron chi connectivity index (χ0n) is 9.22. The number of ether oxygens (including phenoxy) is 1. The van der Waals surface area contributed by atoms with Crippen LogP contribution in [-0.2, 0) is 0 Å². The van der Waals surface area contributed by atoms with E-state index in [2.05, 4.69) is 15.9 Å². The van der Waals surface area contributed by atoms with Gasteiger partial charge in [0.1, 0.15) is 16.9 Å². The molecule has 2 nitrogen and oxygen atoms in total. The van der Waals surface area contributed by atoms with E-state index in [0.29, 0.717) is 31.8 Å². The van der Waals surface area contributed by atoms with Crippen LogP contribution < -0.4 is 4.74 Å². The van der Waals surface area contributed by atoms with E-state index in [0.717, 1.165) is 0 Å². The normalized spacial score (nSPS) is 12.5. The molecule has 96 valence electrons. The smallest absolute Gasteiger partial charge is 0.169 e. The van der Waals surface area contributed by atoms with E-state index in [9.17, 15) is 0 Å². The van der Waals surface area contributed by atoms with Crippen LogP contribution in [0, 0.1) is 0 Å². The minimum atomic E-state index is -0.507. The Bertz CT molecular complexity index is 568. The van der Waals surface area contributed by atoms with Crippen molar-refractivity contribution in [3.8, 4) is 5.75 Å². The maximum Gasteiger partial charge on any atom is 0.169 e. The van der Waals surface area contributed by atoms with Crippen molar-refractivity contribution in [1.82, 2.24) is 0 Å². The highest BCUT2D eigenvalue weighted by Gasteiger charge is 2.19. The maximum absolute atomic E-state index is 6.32. The minimum Gasteiger partial charge on any atom is -0.495 e. The topological polar surface area (TPSA) is 22.4 Å². The first-order chi connectivity index (χ1) is 8.52. The number of methoxy groups -OCH3 is 1. The van der Waals surface area contributed by atoms with Crippen LogP contribution in [0.2, 0.25) is 10.0 Å². The van der Waals surface area contributed by atoms with Crippen molar-refractivity contribution in [2.45, 2.75) is 5.38 Å². The van der Waals surface area contributed by atoms with Gasteiger partial charge in [0.25, 0.3) is 0 Å². The van der Waals surface area contributed by atoms with E-state index in [1.165, 1.54) is 7.11 Å². The average molecular weight is 370 g/mol. The molecule has 0 saturated carbocycles. The van der Waals surface area contributed by atoms with Gasteiger partial charge in [0.2, 0.25) is 0 Å². The summed E-state index contributed by atoms with van der Waals surface area (Å²) >= 11 is 21.8. The van der Waals surface area contributed by atoms with Gasteiger partial charge in [-0.2, -0.15) is 0 Å². The molecule has 2 rings (SSSR count). The Labute approximate surface area is 128 Å². The molecule has 1 atom stereocenters. The van der Waals surface area contributed by atoms with Gasteiger partial charge in [0, 0.05) is 11.1 Å². The molecule has 0 fully saturated rings. The number of furan rings is 1. The van der Waals surface area contributed by atoms with Gasteiger partial charge in [-0.05, 0) is 39.7 Å². The van der Waals surface area contributed by atoms with E-state index in [-0.39, 0.29) is 0 Å². The summed E-state index contributed by atoms with van der Waals surface area (Å²) in [5.74, 6) is 1.10. The van der Waals surface area contributed by atoms with Crippen LogP contribution in [-0.4, -0.2) is 7.11 Å². The molecule has 0 saturated heterocycles.